The Balaban J connectivity index is 1.77. The van der Waals surface area contributed by atoms with Gasteiger partial charge in [0.15, 0.2) is 0 Å². The number of nitro groups is 1. The van der Waals surface area contributed by atoms with Crippen molar-refractivity contribution in [3.63, 3.8) is 0 Å². The van der Waals surface area contributed by atoms with Gasteiger partial charge in [-0.05, 0) is 42.9 Å². The molecule has 0 aliphatic heterocycles. The van der Waals surface area contributed by atoms with Crippen LogP contribution in [0.3, 0.4) is 0 Å². The number of aromatic nitrogens is 2. The Morgan fingerprint density at radius 1 is 1.36 bits per heavy atom. The summed E-state index contributed by atoms with van der Waals surface area (Å²) in [5, 5.41) is 21.6. The first-order valence-corrected chi connectivity index (χ1v) is 8.92. The average molecular weight is 406 g/mol. The van der Waals surface area contributed by atoms with E-state index in [0.717, 1.165) is 22.2 Å². The van der Waals surface area contributed by atoms with Gasteiger partial charge < -0.3 is 10.1 Å². The van der Waals surface area contributed by atoms with Gasteiger partial charge in [-0.2, -0.15) is 0 Å². The van der Waals surface area contributed by atoms with Gasteiger partial charge in [0.05, 0.1) is 11.9 Å². The first-order chi connectivity index (χ1) is 11.9. The molecule has 2 aliphatic carbocycles. The SMILES string of the molecule is O=C(O)C1([N+](=O)[O-])C2CCC(C2)C1c1ncc(-c2ccc(Br)cc2)[nH]1. The standard InChI is InChI=1S/C17H16BrN3O4/c18-12-5-2-9(3-6-12)13-8-19-15(20-13)14-10-1-4-11(7-10)17(14,16(22)23)21(24)25/h2-3,5-6,8,10-11,14H,1,4,7H2,(H,19,20)(H,22,23). The van der Waals surface area contributed by atoms with Gasteiger partial charge in [-0.1, -0.05) is 28.1 Å². The molecule has 2 aromatic rings. The smallest absolute Gasteiger partial charge is 0.383 e. The number of aromatic amines is 1. The summed E-state index contributed by atoms with van der Waals surface area (Å²) in [6.45, 7) is 0. The number of benzene rings is 1. The minimum absolute atomic E-state index is 0.0181. The van der Waals surface area contributed by atoms with Gasteiger partial charge >= 0.3 is 11.5 Å². The number of nitrogens with one attached hydrogen (secondary N) is 1. The zero-order valence-corrected chi connectivity index (χ0v) is 14.8. The zero-order valence-electron chi connectivity index (χ0n) is 13.2. The number of fused-ring (bicyclic) bond motifs is 2. The van der Waals surface area contributed by atoms with Crippen LogP contribution in [0.4, 0.5) is 0 Å². The maximum Gasteiger partial charge on any atom is 0.383 e. The molecule has 2 fully saturated rings. The second-order valence-electron chi connectivity index (χ2n) is 6.82. The lowest BCUT2D eigenvalue weighted by molar-refractivity contribution is -0.568. The summed E-state index contributed by atoms with van der Waals surface area (Å²) in [5.74, 6) is -2.12. The molecule has 25 heavy (non-hydrogen) atoms. The Morgan fingerprint density at radius 3 is 2.72 bits per heavy atom. The number of carboxylic acid groups (broad SMARTS) is 1. The number of carboxylic acids is 1. The van der Waals surface area contributed by atoms with Crippen molar-refractivity contribution in [2.24, 2.45) is 11.8 Å². The van der Waals surface area contributed by atoms with E-state index in [0.29, 0.717) is 18.7 Å². The lowest BCUT2D eigenvalue weighted by Gasteiger charge is -2.31. The van der Waals surface area contributed by atoms with E-state index in [1.807, 2.05) is 24.3 Å². The quantitative estimate of drug-likeness (QED) is 0.597. The van der Waals surface area contributed by atoms with Gasteiger partial charge in [-0.25, -0.2) is 9.78 Å². The molecular formula is C17H16BrN3O4. The zero-order chi connectivity index (χ0) is 17.8. The van der Waals surface area contributed by atoms with E-state index < -0.39 is 28.3 Å². The number of hydrogen-bond donors (Lipinski definition) is 2. The number of rotatable bonds is 4. The topological polar surface area (TPSA) is 109 Å². The minimum atomic E-state index is -1.97. The molecule has 1 heterocycles. The summed E-state index contributed by atoms with van der Waals surface area (Å²) in [5.41, 5.74) is -0.349. The van der Waals surface area contributed by atoms with Gasteiger partial charge in [0.1, 0.15) is 11.7 Å². The Morgan fingerprint density at radius 2 is 2.08 bits per heavy atom. The van der Waals surface area contributed by atoms with Crippen LogP contribution in [0.1, 0.15) is 31.0 Å². The van der Waals surface area contributed by atoms with Crippen LogP contribution in [0.5, 0.6) is 0 Å². The molecule has 1 aromatic heterocycles. The molecule has 4 atom stereocenters. The third kappa shape index (κ3) is 2.23. The number of halogens is 1. The van der Waals surface area contributed by atoms with Crippen LogP contribution in [-0.4, -0.2) is 31.5 Å². The van der Waals surface area contributed by atoms with Crippen molar-refractivity contribution in [1.29, 1.82) is 0 Å². The van der Waals surface area contributed by atoms with E-state index >= 15 is 0 Å². The summed E-state index contributed by atoms with van der Waals surface area (Å²) >= 11 is 3.38. The highest BCUT2D eigenvalue weighted by molar-refractivity contribution is 9.10. The lowest BCUT2D eigenvalue weighted by atomic mass is 9.72. The first-order valence-electron chi connectivity index (χ1n) is 8.13. The summed E-state index contributed by atoms with van der Waals surface area (Å²) in [6.07, 6.45) is 3.60. The van der Waals surface area contributed by atoms with E-state index in [9.17, 15) is 20.0 Å². The minimum Gasteiger partial charge on any atom is -0.476 e. The van der Waals surface area contributed by atoms with Crippen molar-refractivity contribution in [2.45, 2.75) is 30.7 Å². The summed E-state index contributed by atoms with van der Waals surface area (Å²) < 4.78 is 0.947. The number of nitrogens with zero attached hydrogens (tertiary/aromatic N) is 2. The highest BCUT2D eigenvalue weighted by Gasteiger charge is 2.73. The van der Waals surface area contributed by atoms with Crippen LogP contribution >= 0.6 is 15.9 Å². The Labute approximate surface area is 151 Å². The molecular weight excluding hydrogens is 390 g/mol. The van der Waals surface area contributed by atoms with Gasteiger partial charge in [0.25, 0.3) is 0 Å². The van der Waals surface area contributed by atoms with E-state index in [2.05, 4.69) is 25.9 Å². The van der Waals surface area contributed by atoms with E-state index in [1.54, 1.807) is 6.20 Å². The van der Waals surface area contributed by atoms with Crippen LogP contribution in [0.15, 0.2) is 34.9 Å². The van der Waals surface area contributed by atoms with Crippen molar-refractivity contribution in [1.82, 2.24) is 9.97 Å². The normalized spacial score (nSPS) is 30.5. The molecule has 130 valence electrons. The third-order valence-corrected chi connectivity index (χ3v) is 6.26. The molecule has 1 aromatic carbocycles. The molecule has 0 radical (unpaired) electrons. The maximum atomic E-state index is 12.0. The molecule has 2 aliphatic rings. The monoisotopic (exact) mass is 405 g/mol. The summed E-state index contributed by atoms with van der Waals surface area (Å²) in [7, 11) is 0. The summed E-state index contributed by atoms with van der Waals surface area (Å²) in [6, 6.07) is 7.60. The van der Waals surface area contributed by atoms with E-state index in [1.165, 1.54) is 0 Å². The Bertz CT molecular complexity index is 834. The van der Waals surface area contributed by atoms with Crippen LogP contribution in [0.2, 0.25) is 0 Å². The highest BCUT2D eigenvalue weighted by atomic mass is 79.9. The number of imidazole rings is 1. The molecule has 4 unspecified atom stereocenters. The molecule has 8 heteroatoms. The third-order valence-electron chi connectivity index (χ3n) is 5.73. The van der Waals surface area contributed by atoms with Crippen LogP contribution < -0.4 is 0 Å². The molecule has 0 spiro atoms. The predicted molar refractivity (Wildman–Crippen MR) is 92.7 cm³/mol. The van der Waals surface area contributed by atoms with Crippen molar-refractivity contribution in [2.75, 3.05) is 0 Å². The fraction of sp³-hybridized carbons (Fsp3) is 0.412. The lowest BCUT2D eigenvalue weighted by Crippen LogP contribution is -2.55. The first kappa shape index (κ1) is 16.3. The van der Waals surface area contributed by atoms with Crippen molar-refractivity contribution in [3.05, 3.63) is 50.9 Å². The second kappa shape index (κ2) is 5.66. The second-order valence-corrected chi connectivity index (χ2v) is 7.74. The number of aliphatic carboxylic acids is 1. The van der Waals surface area contributed by atoms with Crippen LogP contribution in [-0.2, 0) is 4.79 Å². The largest absolute Gasteiger partial charge is 0.476 e. The van der Waals surface area contributed by atoms with E-state index in [4.69, 9.17) is 0 Å². The fourth-order valence-corrected chi connectivity index (χ4v) is 4.95. The van der Waals surface area contributed by atoms with Gasteiger partial charge in [0.2, 0.25) is 0 Å². The number of carbonyl (C=O) groups is 1. The van der Waals surface area contributed by atoms with Crippen molar-refractivity contribution >= 4 is 21.9 Å². The van der Waals surface area contributed by atoms with Crippen molar-refractivity contribution < 1.29 is 14.8 Å². The van der Waals surface area contributed by atoms with Gasteiger partial charge in [0, 0.05) is 15.3 Å². The molecule has 0 amide bonds. The molecule has 2 saturated carbocycles. The molecule has 2 N–H and O–H groups in total. The average Bonchev–Trinajstić information content (AvgIpc) is 3.29. The van der Waals surface area contributed by atoms with E-state index in [-0.39, 0.29) is 5.92 Å². The van der Waals surface area contributed by atoms with Crippen LogP contribution in [0, 0.1) is 22.0 Å². The fourth-order valence-electron chi connectivity index (χ4n) is 4.68. The molecule has 7 nitrogen and oxygen atoms in total. The van der Waals surface area contributed by atoms with Crippen LogP contribution in [0.25, 0.3) is 11.3 Å². The number of H-pyrrole nitrogens is 1. The van der Waals surface area contributed by atoms with Gasteiger partial charge in [-0.15, -0.1) is 0 Å². The Hall–Kier alpha value is -2.22. The Kier molecular flexibility index (Phi) is 3.68. The summed E-state index contributed by atoms with van der Waals surface area (Å²) in [4.78, 5) is 30.7. The predicted octanol–water partition coefficient (Wildman–Crippen LogP) is 3.45. The van der Waals surface area contributed by atoms with Gasteiger partial charge in [-0.3, -0.25) is 10.1 Å². The number of hydrogen-bond acceptors (Lipinski definition) is 4. The molecule has 0 saturated heterocycles. The molecule has 4 rings (SSSR count). The molecule has 2 bridgehead atoms. The van der Waals surface area contributed by atoms with Crippen molar-refractivity contribution in [3.8, 4) is 11.3 Å². The maximum absolute atomic E-state index is 12.0. The highest BCUT2D eigenvalue weighted by Crippen LogP contribution is 2.59.